The fourth-order valence-electron chi connectivity index (χ4n) is 1.36. The van der Waals surface area contributed by atoms with Crippen molar-refractivity contribution in [1.29, 1.82) is 0 Å². The molecule has 1 heterocycles. The van der Waals surface area contributed by atoms with Gasteiger partial charge in [0, 0.05) is 24.9 Å². The molecule has 3 nitrogen and oxygen atoms in total. The van der Waals surface area contributed by atoms with E-state index in [2.05, 4.69) is 43.2 Å². The van der Waals surface area contributed by atoms with Gasteiger partial charge >= 0.3 is 0 Å². The summed E-state index contributed by atoms with van der Waals surface area (Å²) in [5.74, 6) is 0. The number of hydrogen-bond donors (Lipinski definition) is 1. The summed E-state index contributed by atoms with van der Waals surface area (Å²) in [5.41, 5.74) is 0.190. The normalized spacial score (nSPS) is 12.0. The van der Waals surface area contributed by atoms with Crippen molar-refractivity contribution in [3.8, 4) is 0 Å². The number of hydrogen-bond acceptors (Lipinski definition) is 4. The fraction of sp³-hybridized carbons (Fsp3) is 0.833. The molecular weight excluding hydrogens is 218 g/mol. The maximum absolute atomic E-state index is 4.22. The van der Waals surface area contributed by atoms with Crippen molar-refractivity contribution >= 4 is 11.3 Å². The Morgan fingerprint density at radius 2 is 1.75 bits per heavy atom. The minimum atomic E-state index is 0.190. The van der Waals surface area contributed by atoms with Crippen LogP contribution in [0.1, 0.15) is 50.6 Å². The molecule has 0 aromatic carbocycles. The van der Waals surface area contributed by atoms with Crippen molar-refractivity contribution in [2.45, 2.75) is 58.9 Å². The maximum Gasteiger partial charge on any atom is 0.118 e. The van der Waals surface area contributed by atoms with E-state index in [0.717, 1.165) is 24.4 Å². The van der Waals surface area contributed by atoms with Crippen molar-refractivity contribution in [2.24, 2.45) is 0 Å². The highest BCUT2D eigenvalue weighted by Crippen LogP contribution is 2.13. The van der Waals surface area contributed by atoms with Crippen LogP contribution in [0.25, 0.3) is 0 Å². The minimum absolute atomic E-state index is 0.190. The number of nitrogens with one attached hydrogen (secondary N) is 1. The molecule has 1 rings (SSSR count). The van der Waals surface area contributed by atoms with Gasteiger partial charge in [-0.15, -0.1) is 21.5 Å². The van der Waals surface area contributed by atoms with Gasteiger partial charge in [-0.05, 0) is 27.2 Å². The first-order valence-electron chi connectivity index (χ1n) is 6.07. The van der Waals surface area contributed by atoms with Gasteiger partial charge in [0.1, 0.15) is 10.0 Å². The Hall–Kier alpha value is -0.480. The van der Waals surface area contributed by atoms with Crippen LogP contribution in [-0.2, 0) is 12.8 Å². The third-order valence-corrected chi connectivity index (χ3v) is 3.29. The van der Waals surface area contributed by atoms with E-state index in [0.29, 0.717) is 0 Å². The van der Waals surface area contributed by atoms with Gasteiger partial charge in [0.2, 0.25) is 0 Å². The second-order valence-electron chi connectivity index (χ2n) is 5.12. The van der Waals surface area contributed by atoms with Gasteiger partial charge in [-0.1, -0.05) is 13.3 Å². The Bertz CT molecular complexity index is 301. The van der Waals surface area contributed by atoms with Crippen LogP contribution in [0.5, 0.6) is 0 Å². The van der Waals surface area contributed by atoms with Crippen molar-refractivity contribution in [3.05, 3.63) is 10.0 Å². The molecule has 0 saturated carbocycles. The predicted octanol–water partition coefficient (Wildman–Crippen LogP) is 2.81. The van der Waals surface area contributed by atoms with Crippen molar-refractivity contribution in [2.75, 3.05) is 6.54 Å². The summed E-state index contributed by atoms with van der Waals surface area (Å²) in [6, 6.07) is 0. The van der Waals surface area contributed by atoms with Gasteiger partial charge in [-0.3, -0.25) is 0 Å². The molecule has 0 amide bonds. The van der Waals surface area contributed by atoms with E-state index in [1.165, 1.54) is 17.8 Å². The summed E-state index contributed by atoms with van der Waals surface area (Å²) in [4.78, 5) is 0. The first-order chi connectivity index (χ1) is 7.51. The molecule has 0 spiro atoms. The lowest BCUT2D eigenvalue weighted by Gasteiger charge is -2.19. The summed E-state index contributed by atoms with van der Waals surface area (Å²) in [5, 5.41) is 14.2. The standard InChI is InChI=1S/C12H23N3S/c1-5-6-7-10-14-15-11(16-10)8-9-13-12(2,3)4/h13H,5-9H2,1-4H3. The Balaban J connectivity index is 2.29. The van der Waals surface area contributed by atoms with E-state index in [1.807, 2.05) is 0 Å². The van der Waals surface area contributed by atoms with E-state index >= 15 is 0 Å². The monoisotopic (exact) mass is 241 g/mol. The Kier molecular flexibility index (Phi) is 5.35. The molecule has 0 fully saturated rings. The third kappa shape index (κ3) is 5.56. The van der Waals surface area contributed by atoms with Crippen LogP contribution in [-0.4, -0.2) is 22.3 Å². The van der Waals surface area contributed by atoms with Crippen LogP contribution in [0, 0.1) is 0 Å². The highest BCUT2D eigenvalue weighted by atomic mass is 32.1. The van der Waals surface area contributed by atoms with Gasteiger partial charge in [0.05, 0.1) is 0 Å². The van der Waals surface area contributed by atoms with Crippen LogP contribution in [0.2, 0.25) is 0 Å². The minimum Gasteiger partial charge on any atom is -0.312 e. The molecule has 0 aliphatic heterocycles. The van der Waals surface area contributed by atoms with Gasteiger partial charge in [-0.2, -0.15) is 0 Å². The van der Waals surface area contributed by atoms with Crippen molar-refractivity contribution < 1.29 is 0 Å². The van der Waals surface area contributed by atoms with E-state index in [1.54, 1.807) is 11.3 Å². The van der Waals surface area contributed by atoms with Crippen LogP contribution >= 0.6 is 11.3 Å². The lowest BCUT2D eigenvalue weighted by Crippen LogP contribution is -2.37. The molecule has 0 radical (unpaired) electrons. The topological polar surface area (TPSA) is 37.8 Å². The fourth-order valence-corrected chi connectivity index (χ4v) is 2.25. The van der Waals surface area contributed by atoms with Crippen LogP contribution in [0.4, 0.5) is 0 Å². The van der Waals surface area contributed by atoms with Gasteiger partial charge < -0.3 is 5.32 Å². The summed E-state index contributed by atoms with van der Waals surface area (Å²) in [7, 11) is 0. The largest absolute Gasteiger partial charge is 0.312 e. The van der Waals surface area contributed by atoms with E-state index < -0.39 is 0 Å². The van der Waals surface area contributed by atoms with Crippen LogP contribution in [0.15, 0.2) is 0 Å². The van der Waals surface area contributed by atoms with Gasteiger partial charge in [0.15, 0.2) is 0 Å². The lowest BCUT2D eigenvalue weighted by molar-refractivity contribution is 0.429. The zero-order valence-electron chi connectivity index (χ0n) is 10.8. The van der Waals surface area contributed by atoms with Gasteiger partial charge in [0.25, 0.3) is 0 Å². The zero-order chi connectivity index (χ0) is 12.0. The lowest BCUT2D eigenvalue weighted by atomic mass is 10.1. The molecule has 0 aliphatic rings. The smallest absolute Gasteiger partial charge is 0.118 e. The molecule has 0 aliphatic carbocycles. The van der Waals surface area contributed by atoms with Crippen molar-refractivity contribution in [3.63, 3.8) is 0 Å². The molecule has 0 unspecified atom stereocenters. The first-order valence-corrected chi connectivity index (χ1v) is 6.89. The van der Waals surface area contributed by atoms with Gasteiger partial charge in [-0.25, -0.2) is 0 Å². The molecule has 1 aromatic rings. The van der Waals surface area contributed by atoms with Crippen LogP contribution < -0.4 is 5.32 Å². The SMILES string of the molecule is CCCCc1nnc(CCNC(C)(C)C)s1. The summed E-state index contributed by atoms with van der Waals surface area (Å²) in [6.45, 7) is 9.72. The molecular formula is C12H23N3S. The molecule has 16 heavy (non-hydrogen) atoms. The third-order valence-electron chi connectivity index (χ3n) is 2.25. The highest BCUT2D eigenvalue weighted by Gasteiger charge is 2.09. The Morgan fingerprint density at radius 1 is 1.12 bits per heavy atom. The van der Waals surface area contributed by atoms with E-state index in [-0.39, 0.29) is 5.54 Å². The zero-order valence-corrected chi connectivity index (χ0v) is 11.7. The summed E-state index contributed by atoms with van der Waals surface area (Å²) in [6.07, 6.45) is 4.51. The quantitative estimate of drug-likeness (QED) is 0.832. The second kappa shape index (κ2) is 6.30. The maximum atomic E-state index is 4.22. The second-order valence-corrected chi connectivity index (χ2v) is 6.27. The highest BCUT2D eigenvalue weighted by molar-refractivity contribution is 7.11. The summed E-state index contributed by atoms with van der Waals surface area (Å²) < 4.78 is 0. The molecule has 1 N–H and O–H groups in total. The average molecular weight is 241 g/mol. The molecule has 92 valence electrons. The Labute approximate surface area is 103 Å². The molecule has 0 atom stereocenters. The number of aromatic nitrogens is 2. The average Bonchev–Trinajstić information content (AvgIpc) is 2.61. The number of unbranched alkanes of at least 4 members (excludes halogenated alkanes) is 1. The number of aryl methyl sites for hydroxylation is 1. The predicted molar refractivity (Wildman–Crippen MR) is 70.0 cm³/mol. The number of nitrogens with zero attached hydrogens (tertiary/aromatic N) is 2. The van der Waals surface area contributed by atoms with E-state index in [9.17, 15) is 0 Å². The van der Waals surface area contributed by atoms with Crippen LogP contribution in [0.3, 0.4) is 0 Å². The first kappa shape index (κ1) is 13.6. The molecule has 0 bridgehead atoms. The van der Waals surface area contributed by atoms with E-state index in [4.69, 9.17) is 0 Å². The number of rotatable bonds is 6. The Morgan fingerprint density at radius 3 is 2.31 bits per heavy atom. The molecule has 1 aromatic heterocycles. The van der Waals surface area contributed by atoms with Crippen molar-refractivity contribution in [1.82, 2.24) is 15.5 Å². The summed E-state index contributed by atoms with van der Waals surface area (Å²) >= 11 is 1.76. The molecule has 0 saturated heterocycles. The molecule has 4 heteroatoms.